The summed E-state index contributed by atoms with van der Waals surface area (Å²) in [5, 5.41) is 18.3. The van der Waals surface area contributed by atoms with Crippen molar-refractivity contribution >= 4 is 11.9 Å². The maximum absolute atomic E-state index is 11.7. The molecule has 0 bridgehead atoms. The van der Waals surface area contributed by atoms with Gasteiger partial charge in [0.05, 0.1) is 5.92 Å². The van der Waals surface area contributed by atoms with Gasteiger partial charge in [0, 0.05) is 24.0 Å². The van der Waals surface area contributed by atoms with Gasteiger partial charge in [0.15, 0.2) is 0 Å². The van der Waals surface area contributed by atoms with Crippen LogP contribution in [0.25, 0.3) is 0 Å². The first kappa shape index (κ1) is 24.9. The molecule has 1 saturated heterocycles. The smallest absolute Gasteiger partial charge is 0.306 e. The Morgan fingerprint density at radius 3 is 1.82 bits per heavy atom. The van der Waals surface area contributed by atoms with Crippen LogP contribution >= 0.6 is 0 Å². The van der Waals surface area contributed by atoms with E-state index in [1.807, 2.05) is 0 Å². The van der Waals surface area contributed by atoms with Crippen LogP contribution in [0, 0.1) is 5.92 Å². The number of carboxylic acids is 2. The summed E-state index contributed by atoms with van der Waals surface area (Å²) in [6.07, 6.45) is 12.5. The zero-order valence-corrected chi connectivity index (χ0v) is 18.6. The van der Waals surface area contributed by atoms with Gasteiger partial charge in [-0.3, -0.25) is 14.5 Å². The minimum Gasteiger partial charge on any atom is -0.481 e. The van der Waals surface area contributed by atoms with E-state index in [2.05, 4.69) is 32.6 Å². The molecule has 1 atom stereocenters. The van der Waals surface area contributed by atoms with E-state index in [0.717, 1.165) is 64.3 Å². The van der Waals surface area contributed by atoms with Gasteiger partial charge in [-0.25, -0.2) is 0 Å². The number of aliphatic carboxylic acids is 2. The van der Waals surface area contributed by atoms with Gasteiger partial charge >= 0.3 is 11.9 Å². The Balaban J connectivity index is 2.28. The summed E-state index contributed by atoms with van der Waals surface area (Å²) in [5.41, 5.74) is 0.289. The first-order valence-corrected chi connectivity index (χ1v) is 11.3. The molecule has 1 aliphatic rings. The summed E-state index contributed by atoms with van der Waals surface area (Å²) in [6, 6.07) is 0. The van der Waals surface area contributed by atoms with Crippen molar-refractivity contribution in [3.8, 4) is 0 Å². The molecule has 1 heterocycles. The maximum Gasteiger partial charge on any atom is 0.306 e. The van der Waals surface area contributed by atoms with E-state index in [1.54, 1.807) is 0 Å². The normalized spacial score (nSPS) is 20.0. The van der Waals surface area contributed by atoms with E-state index < -0.39 is 11.9 Å². The van der Waals surface area contributed by atoms with Crippen LogP contribution in [0.15, 0.2) is 0 Å². The Labute approximate surface area is 171 Å². The average Bonchev–Trinajstić information content (AvgIpc) is 2.56. The van der Waals surface area contributed by atoms with Gasteiger partial charge in [0.2, 0.25) is 0 Å². The van der Waals surface area contributed by atoms with Gasteiger partial charge in [0.25, 0.3) is 0 Å². The van der Waals surface area contributed by atoms with Crippen molar-refractivity contribution in [2.75, 3.05) is 6.54 Å². The molecular weight excluding hydrogens is 354 g/mol. The first-order valence-electron chi connectivity index (χ1n) is 11.3. The molecule has 0 saturated carbocycles. The maximum atomic E-state index is 11.7. The molecular formula is C23H43NO4. The fourth-order valence-electron chi connectivity index (χ4n) is 4.88. The molecule has 2 N–H and O–H groups in total. The number of carboxylic acid groups (broad SMARTS) is 2. The largest absolute Gasteiger partial charge is 0.481 e. The molecule has 0 aromatic carbocycles. The fourth-order valence-corrected chi connectivity index (χ4v) is 4.88. The first-order chi connectivity index (χ1) is 13.1. The highest BCUT2D eigenvalue weighted by Crippen LogP contribution is 2.38. The Hall–Kier alpha value is -1.10. The highest BCUT2D eigenvalue weighted by Gasteiger charge is 2.41. The third-order valence-corrected chi connectivity index (χ3v) is 6.53. The van der Waals surface area contributed by atoms with Gasteiger partial charge in [-0.05, 0) is 66.2 Å². The summed E-state index contributed by atoms with van der Waals surface area (Å²) < 4.78 is 0. The van der Waals surface area contributed by atoms with Gasteiger partial charge in [-0.15, -0.1) is 0 Å². The average molecular weight is 398 g/mol. The second-order valence-corrected chi connectivity index (χ2v) is 9.86. The topological polar surface area (TPSA) is 77.8 Å². The van der Waals surface area contributed by atoms with Crippen molar-refractivity contribution in [1.82, 2.24) is 4.90 Å². The standard InChI is InChI=1S/C23H43NO4/c1-22(2)16-12-17-23(3,4)24(22)18-15-19(21(27)28)13-10-8-6-5-7-9-11-14-20(25)26/h19H,5-18H2,1-4H3,(H,25,26)(H,27,28). The lowest BCUT2D eigenvalue weighted by Gasteiger charge is -2.53. The predicted molar refractivity (Wildman–Crippen MR) is 114 cm³/mol. The number of nitrogens with zero attached hydrogens (tertiary/aromatic N) is 1. The van der Waals surface area contributed by atoms with Crippen LogP contribution in [-0.4, -0.2) is 44.7 Å². The zero-order valence-electron chi connectivity index (χ0n) is 18.6. The lowest BCUT2D eigenvalue weighted by Crippen LogP contribution is -2.58. The molecule has 0 amide bonds. The summed E-state index contributed by atoms with van der Waals surface area (Å²) in [4.78, 5) is 24.7. The molecule has 0 aliphatic carbocycles. The molecule has 0 radical (unpaired) electrons. The van der Waals surface area contributed by atoms with Gasteiger partial charge < -0.3 is 10.2 Å². The van der Waals surface area contributed by atoms with Crippen LogP contribution in [-0.2, 0) is 9.59 Å². The SMILES string of the molecule is CC1(C)CCCC(C)(C)N1CCC(CCCCCCCCCC(=O)O)C(=O)O. The molecule has 1 unspecified atom stereocenters. The molecule has 164 valence electrons. The van der Waals surface area contributed by atoms with Crippen LogP contribution in [0.2, 0.25) is 0 Å². The minimum absolute atomic E-state index is 0.144. The Morgan fingerprint density at radius 2 is 1.32 bits per heavy atom. The van der Waals surface area contributed by atoms with Gasteiger partial charge in [-0.1, -0.05) is 38.5 Å². The van der Waals surface area contributed by atoms with Crippen LogP contribution in [0.4, 0.5) is 0 Å². The fraction of sp³-hybridized carbons (Fsp3) is 0.913. The van der Waals surface area contributed by atoms with Crippen molar-refractivity contribution in [1.29, 1.82) is 0 Å². The van der Waals surface area contributed by atoms with Crippen molar-refractivity contribution < 1.29 is 19.8 Å². The lowest BCUT2D eigenvalue weighted by molar-refractivity contribution is -0.143. The van der Waals surface area contributed by atoms with Crippen molar-refractivity contribution in [3.63, 3.8) is 0 Å². The van der Waals surface area contributed by atoms with Gasteiger partial charge in [-0.2, -0.15) is 0 Å². The van der Waals surface area contributed by atoms with Crippen molar-refractivity contribution in [3.05, 3.63) is 0 Å². The molecule has 5 heteroatoms. The van der Waals surface area contributed by atoms with E-state index in [9.17, 15) is 14.7 Å². The molecule has 0 spiro atoms. The highest BCUT2D eigenvalue weighted by molar-refractivity contribution is 5.69. The number of hydrogen-bond acceptors (Lipinski definition) is 3. The summed E-state index contributed by atoms with van der Waals surface area (Å²) in [5.74, 6) is -1.61. The zero-order chi connectivity index (χ0) is 21.2. The van der Waals surface area contributed by atoms with E-state index >= 15 is 0 Å². The van der Waals surface area contributed by atoms with E-state index in [1.165, 1.54) is 19.3 Å². The van der Waals surface area contributed by atoms with Gasteiger partial charge in [0.1, 0.15) is 0 Å². The Kier molecular flexibility index (Phi) is 10.5. The lowest BCUT2D eigenvalue weighted by atomic mass is 9.79. The number of likely N-dealkylation sites (tertiary alicyclic amines) is 1. The molecule has 5 nitrogen and oxygen atoms in total. The summed E-state index contributed by atoms with van der Waals surface area (Å²) >= 11 is 0. The number of rotatable bonds is 14. The molecule has 0 aromatic heterocycles. The highest BCUT2D eigenvalue weighted by atomic mass is 16.4. The van der Waals surface area contributed by atoms with Crippen molar-refractivity contribution in [2.45, 2.75) is 122 Å². The van der Waals surface area contributed by atoms with Crippen LogP contribution < -0.4 is 0 Å². The number of unbranched alkanes of at least 4 members (excludes halogenated alkanes) is 6. The van der Waals surface area contributed by atoms with E-state index in [4.69, 9.17) is 5.11 Å². The predicted octanol–water partition coefficient (Wildman–Crippen LogP) is 5.72. The van der Waals surface area contributed by atoms with E-state index in [-0.39, 0.29) is 23.4 Å². The number of piperidine rings is 1. The third kappa shape index (κ3) is 8.93. The molecule has 1 fully saturated rings. The minimum atomic E-state index is -0.712. The van der Waals surface area contributed by atoms with E-state index in [0.29, 0.717) is 0 Å². The second kappa shape index (κ2) is 11.8. The number of hydrogen-bond donors (Lipinski definition) is 2. The Bertz CT molecular complexity index is 471. The molecule has 1 aliphatic heterocycles. The van der Waals surface area contributed by atoms with Crippen LogP contribution in [0.5, 0.6) is 0 Å². The Morgan fingerprint density at radius 1 is 0.821 bits per heavy atom. The summed E-state index contributed by atoms with van der Waals surface area (Å²) in [7, 11) is 0. The number of carbonyl (C=O) groups is 2. The monoisotopic (exact) mass is 397 g/mol. The van der Waals surface area contributed by atoms with Crippen LogP contribution in [0.3, 0.4) is 0 Å². The summed E-state index contributed by atoms with van der Waals surface area (Å²) in [6.45, 7) is 10.0. The molecule has 28 heavy (non-hydrogen) atoms. The molecule has 0 aromatic rings. The quantitative estimate of drug-likeness (QED) is 0.367. The van der Waals surface area contributed by atoms with Crippen LogP contribution in [0.1, 0.15) is 111 Å². The second-order valence-electron chi connectivity index (χ2n) is 9.86. The van der Waals surface area contributed by atoms with Crippen molar-refractivity contribution in [2.24, 2.45) is 5.92 Å². The molecule has 1 rings (SSSR count). The third-order valence-electron chi connectivity index (χ3n) is 6.53.